The standard InChI is InChI=1S/C11H14O2/c1-8-6-7-11(8,13)9-2-4-10(12)5-3-9/h2-5,8,12-13H,6-7H2,1H3. The lowest BCUT2D eigenvalue weighted by atomic mass is 9.67. The van der Waals surface area contributed by atoms with Crippen molar-refractivity contribution in [1.82, 2.24) is 0 Å². The van der Waals surface area contributed by atoms with E-state index in [1.807, 2.05) is 0 Å². The van der Waals surface area contributed by atoms with Gasteiger partial charge in [0.05, 0.1) is 5.60 Å². The number of phenols is 1. The van der Waals surface area contributed by atoms with Crippen LogP contribution in [0.1, 0.15) is 25.3 Å². The van der Waals surface area contributed by atoms with Gasteiger partial charge < -0.3 is 10.2 Å². The molecule has 1 aliphatic rings. The molecule has 13 heavy (non-hydrogen) atoms. The van der Waals surface area contributed by atoms with E-state index in [0.29, 0.717) is 5.92 Å². The minimum Gasteiger partial charge on any atom is -0.508 e. The molecule has 1 aromatic carbocycles. The highest BCUT2D eigenvalue weighted by Gasteiger charge is 2.43. The first kappa shape index (κ1) is 8.57. The average molecular weight is 178 g/mol. The topological polar surface area (TPSA) is 40.5 Å². The van der Waals surface area contributed by atoms with Gasteiger partial charge in [-0.2, -0.15) is 0 Å². The highest BCUT2D eigenvalue weighted by Crippen LogP contribution is 2.46. The molecule has 1 fully saturated rings. The molecule has 1 saturated carbocycles. The first-order chi connectivity index (χ1) is 6.13. The highest BCUT2D eigenvalue weighted by molar-refractivity contribution is 5.31. The zero-order chi connectivity index (χ0) is 9.47. The Morgan fingerprint density at radius 2 is 1.92 bits per heavy atom. The van der Waals surface area contributed by atoms with Crippen LogP contribution in [-0.4, -0.2) is 10.2 Å². The van der Waals surface area contributed by atoms with Crippen LogP contribution >= 0.6 is 0 Å². The zero-order valence-corrected chi connectivity index (χ0v) is 7.70. The first-order valence-corrected chi connectivity index (χ1v) is 4.65. The van der Waals surface area contributed by atoms with Gasteiger partial charge in [0, 0.05) is 0 Å². The Kier molecular flexibility index (Phi) is 1.81. The molecule has 0 aromatic heterocycles. The number of hydrogen-bond acceptors (Lipinski definition) is 2. The summed E-state index contributed by atoms with van der Waals surface area (Å²) in [6.07, 6.45) is 1.91. The third-order valence-corrected chi connectivity index (χ3v) is 3.14. The van der Waals surface area contributed by atoms with Crippen LogP contribution in [0.3, 0.4) is 0 Å². The van der Waals surface area contributed by atoms with Crippen LogP contribution in [0.25, 0.3) is 0 Å². The Balaban J connectivity index is 2.30. The molecule has 0 radical (unpaired) electrons. The van der Waals surface area contributed by atoms with Crippen LogP contribution in [-0.2, 0) is 5.60 Å². The van der Waals surface area contributed by atoms with E-state index in [-0.39, 0.29) is 5.75 Å². The van der Waals surface area contributed by atoms with Crippen molar-refractivity contribution in [2.75, 3.05) is 0 Å². The summed E-state index contributed by atoms with van der Waals surface area (Å²) in [6.45, 7) is 2.05. The fourth-order valence-electron chi connectivity index (χ4n) is 1.89. The van der Waals surface area contributed by atoms with E-state index < -0.39 is 5.60 Å². The number of hydrogen-bond donors (Lipinski definition) is 2. The van der Waals surface area contributed by atoms with E-state index >= 15 is 0 Å². The molecule has 2 atom stereocenters. The molecule has 0 aliphatic heterocycles. The maximum absolute atomic E-state index is 10.2. The molecule has 70 valence electrons. The molecule has 2 rings (SSSR count). The number of phenolic OH excluding ortho intramolecular Hbond substituents is 1. The summed E-state index contributed by atoms with van der Waals surface area (Å²) in [6, 6.07) is 6.84. The second kappa shape index (κ2) is 2.74. The molecule has 2 N–H and O–H groups in total. The Morgan fingerprint density at radius 3 is 2.31 bits per heavy atom. The van der Waals surface area contributed by atoms with E-state index in [0.717, 1.165) is 18.4 Å². The van der Waals surface area contributed by atoms with Crippen molar-refractivity contribution in [3.05, 3.63) is 29.8 Å². The lowest BCUT2D eigenvalue weighted by Crippen LogP contribution is -2.42. The van der Waals surface area contributed by atoms with Crippen LogP contribution in [0.5, 0.6) is 5.75 Å². The van der Waals surface area contributed by atoms with Gasteiger partial charge in [0.15, 0.2) is 0 Å². The molecule has 2 nitrogen and oxygen atoms in total. The molecule has 0 saturated heterocycles. The third-order valence-electron chi connectivity index (χ3n) is 3.14. The lowest BCUT2D eigenvalue weighted by Gasteiger charge is -2.44. The molecule has 0 bridgehead atoms. The fourth-order valence-corrected chi connectivity index (χ4v) is 1.89. The predicted molar refractivity (Wildman–Crippen MR) is 50.4 cm³/mol. The lowest BCUT2D eigenvalue weighted by molar-refractivity contribution is -0.0930. The summed E-state index contributed by atoms with van der Waals surface area (Å²) in [5.41, 5.74) is 0.275. The average Bonchev–Trinajstić information content (AvgIpc) is 2.15. The molecule has 0 heterocycles. The number of benzene rings is 1. The smallest absolute Gasteiger partial charge is 0.115 e. The van der Waals surface area contributed by atoms with Gasteiger partial charge in [-0.15, -0.1) is 0 Å². The van der Waals surface area contributed by atoms with Crippen LogP contribution in [0.15, 0.2) is 24.3 Å². The Bertz CT molecular complexity index is 304. The van der Waals surface area contributed by atoms with Crippen molar-refractivity contribution in [2.24, 2.45) is 5.92 Å². The Labute approximate surface area is 77.8 Å². The summed E-state index contributed by atoms with van der Waals surface area (Å²) < 4.78 is 0. The van der Waals surface area contributed by atoms with E-state index in [2.05, 4.69) is 6.92 Å². The number of aliphatic hydroxyl groups is 1. The molecule has 0 amide bonds. The minimum atomic E-state index is -0.645. The van der Waals surface area contributed by atoms with Crippen LogP contribution in [0, 0.1) is 5.92 Å². The molecule has 2 heteroatoms. The normalized spacial score (nSPS) is 32.6. The third kappa shape index (κ3) is 1.22. The molecule has 1 aliphatic carbocycles. The van der Waals surface area contributed by atoms with Gasteiger partial charge >= 0.3 is 0 Å². The van der Waals surface area contributed by atoms with Gasteiger partial charge in [0.1, 0.15) is 5.75 Å². The van der Waals surface area contributed by atoms with E-state index in [4.69, 9.17) is 5.11 Å². The molecule has 0 spiro atoms. The van der Waals surface area contributed by atoms with Crippen molar-refractivity contribution in [3.63, 3.8) is 0 Å². The van der Waals surface area contributed by atoms with Crippen molar-refractivity contribution in [3.8, 4) is 5.75 Å². The summed E-state index contributed by atoms with van der Waals surface area (Å²) >= 11 is 0. The zero-order valence-electron chi connectivity index (χ0n) is 7.70. The second-order valence-electron chi connectivity index (χ2n) is 3.91. The summed E-state index contributed by atoms with van der Waals surface area (Å²) in [5.74, 6) is 0.580. The van der Waals surface area contributed by atoms with Gasteiger partial charge in [-0.3, -0.25) is 0 Å². The number of rotatable bonds is 1. The van der Waals surface area contributed by atoms with E-state index in [1.54, 1.807) is 24.3 Å². The van der Waals surface area contributed by atoms with Gasteiger partial charge in [0.25, 0.3) is 0 Å². The van der Waals surface area contributed by atoms with Crippen LogP contribution in [0.4, 0.5) is 0 Å². The van der Waals surface area contributed by atoms with Crippen molar-refractivity contribution < 1.29 is 10.2 Å². The first-order valence-electron chi connectivity index (χ1n) is 4.65. The largest absolute Gasteiger partial charge is 0.508 e. The van der Waals surface area contributed by atoms with Crippen LogP contribution in [0.2, 0.25) is 0 Å². The van der Waals surface area contributed by atoms with Crippen molar-refractivity contribution in [1.29, 1.82) is 0 Å². The minimum absolute atomic E-state index is 0.249. The predicted octanol–water partition coefficient (Wildman–Crippen LogP) is 2.01. The Morgan fingerprint density at radius 1 is 1.31 bits per heavy atom. The van der Waals surface area contributed by atoms with E-state index in [1.165, 1.54) is 0 Å². The monoisotopic (exact) mass is 178 g/mol. The number of aromatic hydroxyl groups is 1. The van der Waals surface area contributed by atoms with Crippen molar-refractivity contribution in [2.45, 2.75) is 25.4 Å². The van der Waals surface area contributed by atoms with Gasteiger partial charge in [-0.05, 0) is 36.5 Å². The van der Waals surface area contributed by atoms with Crippen molar-refractivity contribution >= 4 is 0 Å². The maximum atomic E-state index is 10.2. The van der Waals surface area contributed by atoms with Gasteiger partial charge in [-0.25, -0.2) is 0 Å². The summed E-state index contributed by atoms with van der Waals surface area (Å²) in [7, 11) is 0. The maximum Gasteiger partial charge on any atom is 0.115 e. The fraction of sp³-hybridized carbons (Fsp3) is 0.455. The molecular formula is C11H14O2. The SMILES string of the molecule is CC1CCC1(O)c1ccc(O)cc1. The van der Waals surface area contributed by atoms with Gasteiger partial charge in [-0.1, -0.05) is 19.1 Å². The molecule has 2 unspecified atom stereocenters. The second-order valence-corrected chi connectivity index (χ2v) is 3.91. The van der Waals surface area contributed by atoms with Gasteiger partial charge in [0.2, 0.25) is 0 Å². The summed E-state index contributed by atoms with van der Waals surface area (Å²) in [5, 5.41) is 19.3. The summed E-state index contributed by atoms with van der Waals surface area (Å²) in [4.78, 5) is 0. The highest BCUT2D eigenvalue weighted by atomic mass is 16.3. The molecule has 1 aromatic rings. The quantitative estimate of drug-likeness (QED) is 0.690. The van der Waals surface area contributed by atoms with E-state index in [9.17, 15) is 5.11 Å². The van der Waals surface area contributed by atoms with Crippen LogP contribution < -0.4 is 0 Å². The molecular weight excluding hydrogens is 164 g/mol. The Hall–Kier alpha value is -1.02.